The Morgan fingerprint density at radius 1 is 0.893 bits per heavy atom. The molecule has 0 spiro atoms. The minimum atomic E-state index is -0.598. The summed E-state index contributed by atoms with van der Waals surface area (Å²) in [5.74, 6) is -1.01. The van der Waals surface area contributed by atoms with Gasteiger partial charge in [-0.05, 0) is 36.4 Å². The molecule has 0 heterocycles. The van der Waals surface area contributed by atoms with Gasteiger partial charge in [-0.1, -0.05) is 41.4 Å². The minimum absolute atomic E-state index is 0.0836. The predicted octanol–water partition coefficient (Wildman–Crippen LogP) is 5.38. The van der Waals surface area contributed by atoms with Crippen molar-refractivity contribution < 1.29 is 14.5 Å². The normalized spacial score (nSPS) is 10.4. The summed E-state index contributed by atoms with van der Waals surface area (Å²) in [5.41, 5.74) is 0.499. The van der Waals surface area contributed by atoms with Crippen molar-refractivity contribution in [3.63, 3.8) is 0 Å². The van der Waals surface area contributed by atoms with Gasteiger partial charge in [-0.2, -0.15) is 0 Å². The number of nitrogens with zero attached hydrogens (tertiary/aromatic N) is 1. The van der Waals surface area contributed by atoms with Gasteiger partial charge in [0.25, 0.3) is 11.6 Å². The van der Waals surface area contributed by atoms with Gasteiger partial charge in [-0.15, -0.1) is 0 Å². The molecule has 1 amide bonds. The van der Waals surface area contributed by atoms with Gasteiger partial charge in [-0.3, -0.25) is 19.7 Å². The maximum absolute atomic E-state index is 12.9. The molecule has 0 aliphatic rings. The van der Waals surface area contributed by atoms with Gasteiger partial charge in [0.15, 0.2) is 5.78 Å². The zero-order valence-corrected chi connectivity index (χ0v) is 15.7. The van der Waals surface area contributed by atoms with E-state index in [1.54, 1.807) is 24.3 Å². The first kappa shape index (κ1) is 19.5. The number of hydrogen-bond donors (Lipinski definition) is 1. The summed E-state index contributed by atoms with van der Waals surface area (Å²) in [6.45, 7) is 0. The van der Waals surface area contributed by atoms with Gasteiger partial charge >= 0.3 is 0 Å². The standard InChI is InChI=1S/C20H12Cl2N2O4/c21-13-8-9-18(16(11-13)19(25)15-6-1-2-7-17(15)22)23-20(26)12-4-3-5-14(10-12)24(27)28/h1-11H,(H,23,26). The Morgan fingerprint density at radius 3 is 2.36 bits per heavy atom. The lowest BCUT2D eigenvalue weighted by molar-refractivity contribution is -0.384. The molecule has 140 valence electrons. The number of non-ortho nitro benzene ring substituents is 1. The minimum Gasteiger partial charge on any atom is -0.321 e. The van der Waals surface area contributed by atoms with Crippen LogP contribution in [-0.2, 0) is 0 Å². The van der Waals surface area contributed by atoms with Crippen molar-refractivity contribution in [3.8, 4) is 0 Å². The summed E-state index contributed by atoms with van der Waals surface area (Å²) in [7, 11) is 0. The Bertz CT molecular complexity index is 1100. The second-order valence-corrected chi connectivity index (χ2v) is 6.60. The molecule has 0 aliphatic heterocycles. The first-order valence-electron chi connectivity index (χ1n) is 8.01. The molecule has 0 fully saturated rings. The van der Waals surface area contributed by atoms with Crippen LogP contribution >= 0.6 is 23.2 Å². The lowest BCUT2D eigenvalue weighted by atomic mass is 10.0. The molecule has 0 saturated heterocycles. The molecule has 0 aliphatic carbocycles. The molecule has 0 bridgehead atoms. The quantitative estimate of drug-likeness (QED) is 0.344. The van der Waals surface area contributed by atoms with Crippen LogP contribution in [0, 0.1) is 10.1 Å². The molecule has 3 aromatic rings. The number of ketones is 1. The molecular weight excluding hydrogens is 403 g/mol. The number of rotatable bonds is 5. The largest absolute Gasteiger partial charge is 0.321 e. The number of carbonyl (C=O) groups is 2. The van der Waals surface area contributed by atoms with Crippen LogP contribution in [0.4, 0.5) is 11.4 Å². The molecule has 3 aromatic carbocycles. The summed E-state index contributed by atoms with van der Waals surface area (Å²) in [6, 6.07) is 16.2. The monoisotopic (exact) mass is 414 g/mol. The lowest BCUT2D eigenvalue weighted by Crippen LogP contribution is -2.15. The van der Waals surface area contributed by atoms with Crippen molar-refractivity contribution in [2.75, 3.05) is 5.32 Å². The molecule has 0 unspecified atom stereocenters. The van der Waals surface area contributed by atoms with Crippen LogP contribution in [0.2, 0.25) is 10.0 Å². The van der Waals surface area contributed by atoms with E-state index in [0.29, 0.717) is 5.02 Å². The lowest BCUT2D eigenvalue weighted by Gasteiger charge is -2.12. The highest BCUT2D eigenvalue weighted by molar-refractivity contribution is 6.36. The molecule has 28 heavy (non-hydrogen) atoms. The van der Waals surface area contributed by atoms with E-state index in [2.05, 4.69) is 5.32 Å². The highest BCUT2D eigenvalue weighted by Gasteiger charge is 2.19. The highest BCUT2D eigenvalue weighted by atomic mass is 35.5. The molecule has 8 heteroatoms. The van der Waals surface area contributed by atoms with Gasteiger partial charge in [-0.25, -0.2) is 0 Å². The Balaban J connectivity index is 1.96. The van der Waals surface area contributed by atoms with Crippen LogP contribution in [0.3, 0.4) is 0 Å². The third-order valence-electron chi connectivity index (χ3n) is 3.91. The number of anilines is 1. The number of hydrogen-bond acceptors (Lipinski definition) is 4. The van der Waals surface area contributed by atoms with Crippen molar-refractivity contribution >= 4 is 46.3 Å². The molecule has 6 nitrogen and oxygen atoms in total. The molecule has 0 atom stereocenters. The topological polar surface area (TPSA) is 89.3 Å². The van der Waals surface area contributed by atoms with Gasteiger partial charge < -0.3 is 5.32 Å². The van der Waals surface area contributed by atoms with E-state index in [4.69, 9.17) is 23.2 Å². The summed E-state index contributed by atoms with van der Waals surface area (Å²) < 4.78 is 0. The van der Waals surface area contributed by atoms with Crippen LogP contribution in [0.5, 0.6) is 0 Å². The van der Waals surface area contributed by atoms with Gasteiger partial charge in [0.2, 0.25) is 0 Å². The fraction of sp³-hybridized carbons (Fsp3) is 0. The third-order valence-corrected chi connectivity index (χ3v) is 4.48. The van der Waals surface area contributed by atoms with Crippen molar-refractivity contribution in [2.45, 2.75) is 0 Å². The van der Waals surface area contributed by atoms with E-state index in [1.165, 1.54) is 36.4 Å². The summed E-state index contributed by atoms with van der Waals surface area (Å²) >= 11 is 12.1. The van der Waals surface area contributed by atoms with Crippen molar-refractivity contribution in [3.05, 3.63) is 104 Å². The number of nitro benzene ring substituents is 1. The average Bonchev–Trinajstić information content (AvgIpc) is 2.69. The Kier molecular flexibility index (Phi) is 5.73. The fourth-order valence-corrected chi connectivity index (χ4v) is 2.95. The van der Waals surface area contributed by atoms with E-state index >= 15 is 0 Å². The van der Waals surface area contributed by atoms with E-state index in [0.717, 1.165) is 6.07 Å². The van der Waals surface area contributed by atoms with E-state index in [1.807, 2.05) is 0 Å². The highest BCUT2D eigenvalue weighted by Crippen LogP contribution is 2.27. The zero-order chi connectivity index (χ0) is 20.3. The van der Waals surface area contributed by atoms with E-state index in [-0.39, 0.29) is 33.1 Å². The van der Waals surface area contributed by atoms with Crippen LogP contribution in [0.25, 0.3) is 0 Å². The van der Waals surface area contributed by atoms with Crippen LogP contribution in [0.15, 0.2) is 66.7 Å². The number of carbonyl (C=O) groups excluding carboxylic acids is 2. The fourth-order valence-electron chi connectivity index (χ4n) is 2.56. The molecule has 0 saturated carbocycles. The summed E-state index contributed by atoms with van der Waals surface area (Å²) in [6.07, 6.45) is 0. The number of benzene rings is 3. The van der Waals surface area contributed by atoms with Gasteiger partial charge in [0.05, 0.1) is 15.6 Å². The Hall–Kier alpha value is -3.22. The number of amides is 1. The first-order valence-corrected chi connectivity index (χ1v) is 8.77. The smallest absolute Gasteiger partial charge is 0.270 e. The van der Waals surface area contributed by atoms with Crippen molar-refractivity contribution in [1.82, 2.24) is 0 Å². The second kappa shape index (κ2) is 8.21. The molecule has 0 aromatic heterocycles. The van der Waals surface area contributed by atoms with E-state index < -0.39 is 16.6 Å². The molecular formula is C20H12Cl2N2O4. The zero-order valence-electron chi connectivity index (χ0n) is 14.2. The van der Waals surface area contributed by atoms with Crippen LogP contribution < -0.4 is 5.32 Å². The van der Waals surface area contributed by atoms with Crippen LogP contribution in [-0.4, -0.2) is 16.6 Å². The van der Waals surface area contributed by atoms with E-state index in [9.17, 15) is 19.7 Å². The van der Waals surface area contributed by atoms with Crippen LogP contribution in [0.1, 0.15) is 26.3 Å². The second-order valence-electron chi connectivity index (χ2n) is 5.76. The predicted molar refractivity (Wildman–Crippen MR) is 107 cm³/mol. The Morgan fingerprint density at radius 2 is 1.64 bits per heavy atom. The maximum Gasteiger partial charge on any atom is 0.270 e. The van der Waals surface area contributed by atoms with Gasteiger partial charge in [0.1, 0.15) is 0 Å². The summed E-state index contributed by atoms with van der Waals surface area (Å²) in [5, 5.41) is 14.1. The third kappa shape index (κ3) is 4.19. The SMILES string of the molecule is O=C(Nc1ccc(Cl)cc1C(=O)c1ccccc1Cl)c1cccc([N+](=O)[O-])c1. The summed E-state index contributed by atoms with van der Waals surface area (Å²) in [4.78, 5) is 35.8. The number of halogens is 2. The van der Waals surface area contributed by atoms with Crippen molar-refractivity contribution in [2.24, 2.45) is 0 Å². The molecule has 3 rings (SSSR count). The first-order chi connectivity index (χ1) is 13.4. The van der Waals surface area contributed by atoms with Gasteiger partial charge in [0, 0.05) is 33.8 Å². The maximum atomic E-state index is 12.9. The Labute approximate surface area is 169 Å². The number of nitro groups is 1. The number of nitrogens with one attached hydrogen (secondary N) is 1. The molecule has 1 N–H and O–H groups in total. The van der Waals surface area contributed by atoms with Crippen molar-refractivity contribution in [1.29, 1.82) is 0 Å². The molecule has 0 radical (unpaired) electrons. The average molecular weight is 415 g/mol.